The average molecular weight is 340 g/mol. The summed E-state index contributed by atoms with van der Waals surface area (Å²) in [6.07, 6.45) is -3.44. The van der Waals surface area contributed by atoms with Crippen LogP contribution in [-0.2, 0) is 15.7 Å². The minimum Gasteiger partial charge on any atom is -0.465 e. The molecule has 0 aliphatic rings. The Morgan fingerprint density at radius 3 is 2.58 bits per heavy atom. The first kappa shape index (κ1) is 17.7. The first-order valence-corrected chi connectivity index (χ1v) is 7.11. The summed E-state index contributed by atoms with van der Waals surface area (Å²) in [7, 11) is 1.37. The maximum Gasteiger partial charge on any atom is 0.418 e. The summed E-state index contributed by atoms with van der Waals surface area (Å²) in [6.45, 7) is 1.51. The van der Waals surface area contributed by atoms with Gasteiger partial charge >= 0.3 is 12.1 Å². The molecule has 24 heavy (non-hydrogen) atoms. The molecule has 0 atom stereocenters. The Kier molecular flexibility index (Phi) is 5.06. The van der Waals surface area contributed by atoms with E-state index in [-0.39, 0.29) is 29.6 Å². The van der Waals surface area contributed by atoms with Crippen molar-refractivity contribution >= 4 is 22.8 Å². The van der Waals surface area contributed by atoms with E-state index in [1.165, 1.54) is 25.2 Å². The van der Waals surface area contributed by atoms with E-state index < -0.39 is 23.6 Å². The number of esters is 1. The van der Waals surface area contributed by atoms with Gasteiger partial charge in [0.25, 0.3) is 5.91 Å². The molecule has 5 nitrogen and oxygen atoms in total. The molecule has 0 N–H and O–H groups in total. The van der Waals surface area contributed by atoms with Crippen LogP contribution in [0, 0.1) is 0 Å². The molecule has 0 unspecified atom stereocenters. The predicted molar refractivity (Wildman–Crippen MR) is 80.3 cm³/mol. The van der Waals surface area contributed by atoms with Crippen LogP contribution in [0.3, 0.4) is 0 Å². The molecule has 8 heteroatoms. The fourth-order valence-electron chi connectivity index (χ4n) is 2.27. The molecule has 2 rings (SSSR count). The molecule has 0 spiro atoms. The number of carbonyl (C=O) groups is 2. The van der Waals surface area contributed by atoms with E-state index in [1.807, 2.05) is 0 Å². The van der Waals surface area contributed by atoms with E-state index in [1.54, 1.807) is 6.92 Å². The number of pyridine rings is 1. The summed E-state index contributed by atoms with van der Waals surface area (Å²) in [6, 6.07) is 4.84. The van der Waals surface area contributed by atoms with Gasteiger partial charge in [-0.05, 0) is 19.1 Å². The highest BCUT2D eigenvalue weighted by Gasteiger charge is 2.33. The minimum atomic E-state index is -4.58. The van der Waals surface area contributed by atoms with Gasteiger partial charge < -0.3 is 9.64 Å². The summed E-state index contributed by atoms with van der Waals surface area (Å²) < 4.78 is 44.0. The zero-order chi connectivity index (χ0) is 17.9. The summed E-state index contributed by atoms with van der Waals surface area (Å²) in [5.74, 6) is -1.18. The number of para-hydroxylation sites is 1. The first-order chi connectivity index (χ1) is 11.3. The SMILES string of the molecule is CCOC(=O)CN(C)C(=O)c1ccnc2c(C(F)(F)F)cccc12. The van der Waals surface area contributed by atoms with Gasteiger partial charge in [0.15, 0.2) is 0 Å². The average Bonchev–Trinajstić information content (AvgIpc) is 2.52. The monoisotopic (exact) mass is 340 g/mol. The summed E-state index contributed by atoms with van der Waals surface area (Å²) in [4.78, 5) is 28.8. The molecular formula is C16H15F3N2O3. The normalized spacial score (nSPS) is 11.4. The fraction of sp³-hybridized carbons (Fsp3) is 0.312. The molecule has 0 aliphatic heterocycles. The maximum atomic E-state index is 13.1. The number of amides is 1. The van der Waals surface area contributed by atoms with E-state index in [4.69, 9.17) is 4.74 Å². The fourth-order valence-corrected chi connectivity index (χ4v) is 2.27. The number of hydrogen-bond donors (Lipinski definition) is 0. The van der Waals surface area contributed by atoms with Gasteiger partial charge in [0.05, 0.1) is 23.3 Å². The molecule has 1 aromatic heterocycles. The van der Waals surface area contributed by atoms with Crippen LogP contribution in [0.4, 0.5) is 13.2 Å². The number of carbonyl (C=O) groups excluding carboxylic acids is 2. The van der Waals surface area contributed by atoms with Crippen molar-refractivity contribution in [2.45, 2.75) is 13.1 Å². The quantitative estimate of drug-likeness (QED) is 0.803. The molecule has 1 heterocycles. The van der Waals surface area contributed by atoms with Crippen LogP contribution in [0.5, 0.6) is 0 Å². The number of hydrogen-bond acceptors (Lipinski definition) is 4. The Hall–Kier alpha value is -2.64. The van der Waals surface area contributed by atoms with Crippen LogP contribution < -0.4 is 0 Å². The zero-order valence-electron chi connectivity index (χ0n) is 13.1. The third kappa shape index (κ3) is 3.64. The van der Waals surface area contributed by atoms with Crippen LogP contribution in [0.25, 0.3) is 10.9 Å². The number of fused-ring (bicyclic) bond motifs is 1. The van der Waals surface area contributed by atoms with Crippen LogP contribution >= 0.6 is 0 Å². The molecule has 1 amide bonds. The van der Waals surface area contributed by atoms with Gasteiger partial charge in [-0.25, -0.2) is 0 Å². The highest BCUT2D eigenvalue weighted by molar-refractivity contribution is 6.07. The van der Waals surface area contributed by atoms with Gasteiger partial charge in [0.2, 0.25) is 0 Å². The molecule has 0 saturated heterocycles. The lowest BCUT2D eigenvalue weighted by Crippen LogP contribution is -2.33. The Balaban J connectivity index is 2.43. The molecular weight excluding hydrogens is 325 g/mol. The molecule has 0 bridgehead atoms. The first-order valence-electron chi connectivity index (χ1n) is 7.11. The van der Waals surface area contributed by atoms with Crippen LogP contribution in [0.2, 0.25) is 0 Å². The van der Waals surface area contributed by atoms with Crippen molar-refractivity contribution in [3.8, 4) is 0 Å². The van der Waals surface area contributed by atoms with Crippen molar-refractivity contribution < 1.29 is 27.5 Å². The van der Waals surface area contributed by atoms with Crippen molar-refractivity contribution in [1.29, 1.82) is 0 Å². The van der Waals surface area contributed by atoms with Crippen molar-refractivity contribution in [2.75, 3.05) is 20.2 Å². The molecule has 0 radical (unpaired) electrons. The van der Waals surface area contributed by atoms with Crippen LogP contribution in [0.15, 0.2) is 30.5 Å². The van der Waals surface area contributed by atoms with Crippen molar-refractivity contribution in [3.63, 3.8) is 0 Å². The number of rotatable bonds is 4. The highest BCUT2D eigenvalue weighted by Crippen LogP contribution is 2.34. The number of halogens is 3. The lowest BCUT2D eigenvalue weighted by atomic mass is 10.0. The molecule has 0 aliphatic carbocycles. The molecule has 128 valence electrons. The Labute approximate surface area is 136 Å². The summed E-state index contributed by atoms with van der Waals surface area (Å²) in [5.41, 5.74) is -1.18. The summed E-state index contributed by atoms with van der Waals surface area (Å²) >= 11 is 0. The third-order valence-corrected chi connectivity index (χ3v) is 3.33. The lowest BCUT2D eigenvalue weighted by Gasteiger charge is -2.18. The largest absolute Gasteiger partial charge is 0.465 e. The van der Waals surface area contributed by atoms with Gasteiger partial charge in [0.1, 0.15) is 6.54 Å². The van der Waals surface area contributed by atoms with Crippen molar-refractivity contribution in [3.05, 3.63) is 41.6 Å². The van der Waals surface area contributed by atoms with E-state index in [9.17, 15) is 22.8 Å². The van der Waals surface area contributed by atoms with Crippen molar-refractivity contribution in [1.82, 2.24) is 9.88 Å². The number of nitrogens with zero attached hydrogens (tertiary/aromatic N) is 2. The Morgan fingerprint density at radius 1 is 1.25 bits per heavy atom. The summed E-state index contributed by atoms with van der Waals surface area (Å²) in [5, 5.41) is 0.0769. The number of alkyl halides is 3. The smallest absolute Gasteiger partial charge is 0.418 e. The van der Waals surface area contributed by atoms with E-state index in [0.29, 0.717) is 0 Å². The molecule has 0 saturated carbocycles. The number of benzene rings is 1. The zero-order valence-corrected chi connectivity index (χ0v) is 13.1. The Bertz CT molecular complexity index is 775. The second-order valence-corrected chi connectivity index (χ2v) is 5.02. The maximum absolute atomic E-state index is 13.1. The van der Waals surface area contributed by atoms with Crippen molar-refractivity contribution in [2.24, 2.45) is 0 Å². The van der Waals surface area contributed by atoms with Crippen LogP contribution in [-0.4, -0.2) is 42.0 Å². The second-order valence-electron chi connectivity index (χ2n) is 5.02. The molecule has 2 aromatic rings. The standard InChI is InChI=1S/C16H15F3N2O3/c1-3-24-13(22)9-21(2)15(23)11-7-8-20-14-10(11)5-4-6-12(14)16(17,18)19/h4-8H,3,9H2,1-2H3. The van der Waals surface area contributed by atoms with Gasteiger partial charge in [-0.2, -0.15) is 13.2 Å². The van der Waals surface area contributed by atoms with E-state index in [2.05, 4.69) is 4.98 Å². The van der Waals surface area contributed by atoms with Gasteiger partial charge in [-0.15, -0.1) is 0 Å². The van der Waals surface area contributed by atoms with E-state index in [0.717, 1.165) is 17.2 Å². The lowest BCUT2D eigenvalue weighted by molar-refractivity contribution is -0.143. The van der Waals surface area contributed by atoms with Gasteiger partial charge in [-0.3, -0.25) is 14.6 Å². The highest BCUT2D eigenvalue weighted by atomic mass is 19.4. The minimum absolute atomic E-state index is 0.0397. The van der Waals surface area contributed by atoms with E-state index >= 15 is 0 Å². The number of likely N-dealkylation sites (N-methyl/N-ethyl adjacent to an activating group) is 1. The number of aromatic nitrogens is 1. The second kappa shape index (κ2) is 6.86. The topological polar surface area (TPSA) is 59.5 Å². The number of ether oxygens (including phenoxy) is 1. The van der Waals surface area contributed by atoms with Gasteiger partial charge in [0, 0.05) is 18.6 Å². The molecule has 1 aromatic carbocycles. The molecule has 0 fully saturated rings. The van der Waals surface area contributed by atoms with Gasteiger partial charge in [-0.1, -0.05) is 12.1 Å². The Morgan fingerprint density at radius 2 is 1.96 bits per heavy atom. The van der Waals surface area contributed by atoms with Crippen LogP contribution in [0.1, 0.15) is 22.8 Å². The predicted octanol–water partition coefficient (Wildman–Crippen LogP) is 2.89. The third-order valence-electron chi connectivity index (χ3n) is 3.33.